The third-order valence-corrected chi connectivity index (χ3v) is 7.70. The Kier molecular flexibility index (Phi) is 6.39. The molecule has 2 aromatic rings. The summed E-state index contributed by atoms with van der Waals surface area (Å²) < 4.78 is 51.4. The average Bonchev–Trinajstić information content (AvgIpc) is 3.10. The van der Waals surface area contributed by atoms with Gasteiger partial charge in [-0.2, -0.15) is 0 Å². The van der Waals surface area contributed by atoms with Crippen LogP contribution >= 0.6 is 0 Å². The van der Waals surface area contributed by atoms with Gasteiger partial charge in [-0.3, -0.25) is 4.79 Å². The van der Waals surface area contributed by atoms with Gasteiger partial charge in [-0.05, 0) is 55.7 Å². The van der Waals surface area contributed by atoms with E-state index in [0.717, 1.165) is 42.1 Å². The number of carbonyl (C=O) groups excluding carboxylic acids is 1. The Labute approximate surface area is 187 Å². The van der Waals surface area contributed by atoms with Gasteiger partial charge < -0.3 is 14.8 Å². The van der Waals surface area contributed by atoms with Crippen molar-refractivity contribution in [3.05, 3.63) is 48.3 Å². The highest BCUT2D eigenvalue weighted by Crippen LogP contribution is 2.46. The first-order valence-electron chi connectivity index (χ1n) is 10.8. The van der Waals surface area contributed by atoms with Gasteiger partial charge in [0, 0.05) is 44.6 Å². The van der Waals surface area contributed by atoms with Crippen LogP contribution in [0.5, 0.6) is 11.5 Å². The standard InChI is InChI=1S/C23H27FN2O5S/c1-26(32(28,29)19-10-7-17(24)8-11-19)15-5-6-22(27)25-18-9-12-20-21(16-18)31-23(30-20)13-3-2-4-14-23/h7-12,16H,2-6,13-15H2,1H3,(H,25,27). The Hall–Kier alpha value is -2.65. The van der Waals surface area contributed by atoms with Crippen molar-refractivity contribution in [3.8, 4) is 11.5 Å². The second-order valence-electron chi connectivity index (χ2n) is 8.27. The predicted octanol–water partition coefficient (Wildman–Crippen LogP) is 4.30. The maximum absolute atomic E-state index is 13.0. The van der Waals surface area contributed by atoms with Gasteiger partial charge in [0.1, 0.15) is 5.82 Å². The van der Waals surface area contributed by atoms with E-state index < -0.39 is 21.6 Å². The van der Waals surface area contributed by atoms with Crippen molar-refractivity contribution in [3.63, 3.8) is 0 Å². The molecule has 9 heteroatoms. The molecule has 0 unspecified atom stereocenters. The molecule has 4 rings (SSSR count). The molecule has 1 saturated carbocycles. The van der Waals surface area contributed by atoms with Crippen molar-refractivity contribution in [2.75, 3.05) is 18.9 Å². The van der Waals surface area contributed by atoms with Gasteiger partial charge in [-0.1, -0.05) is 6.42 Å². The van der Waals surface area contributed by atoms with Crippen LogP contribution in [-0.4, -0.2) is 38.0 Å². The maximum atomic E-state index is 13.0. The van der Waals surface area contributed by atoms with E-state index in [0.29, 0.717) is 23.6 Å². The minimum atomic E-state index is -3.73. The average molecular weight is 463 g/mol. The number of rotatable bonds is 7. The van der Waals surface area contributed by atoms with Crippen molar-refractivity contribution in [2.45, 2.75) is 55.6 Å². The molecule has 1 N–H and O–H groups in total. The van der Waals surface area contributed by atoms with E-state index in [1.165, 1.54) is 25.6 Å². The molecule has 1 spiro atoms. The number of sulfonamides is 1. The van der Waals surface area contributed by atoms with Gasteiger partial charge in [0.25, 0.3) is 5.79 Å². The number of carbonyl (C=O) groups is 1. The number of hydrogen-bond donors (Lipinski definition) is 1. The van der Waals surface area contributed by atoms with Gasteiger partial charge in [0.05, 0.1) is 4.90 Å². The summed E-state index contributed by atoms with van der Waals surface area (Å²) in [7, 11) is -2.29. The van der Waals surface area contributed by atoms with E-state index >= 15 is 0 Å². The first kappa shape index (κ1) is 22.5. The summed E-state index contributed by atoms with van der Waals surface area (Å²) >= 11 is 0. The minimum absolute atomic E-state index is 0.0157. The molecule has 2 aromatic carbocycles. The number of nitrogens with zero attached hydrogens (tertiary/aromatic N) is 1. The molecule has 0 radical (unpaired) electrons. The molecule has 1 amide bonds. The first-order valence-corrected chi connectivity index (χ1v) is 12.3. The topological polar surface area (TPSA) is 84.9 Å². The van der Waals surface area contributed by atoms with Gasteiger partial charge in [0.2, 0.25) is 15.9 Å². The third-order valence-electron chi connectivity index (χ3n) is 5.83. The molecule has 32 heavy (non-hydrogen) atoms. The fourth-order valence-corrected chi connectivity index (χ4v) is 5.27. The summed E-state index contributed by atoms with van der Waals surface area (Å²) in [6.45, 7) is 0.163. The van der Waals surface area contributed by atoms with Gasteiger partial charge in [-0.15, -0.1) is 0 Å². The Balaban J connectivity index is 1.28. The monoisotopic (exact) mass is 462 g/mol. The van der Waals surface area contributed by atoms with Crippen LogP contribution in [0, 0.1) is 5.82 Å². The van der Waals surface area contributed by atoms with Crippen LogP contribution < -0.4 is 14.8 Å². The molecule has 1 aliphatic heterocycles. The second kappa shape index (κ2) is 9.07. The van der Waals surface area contributed by atoms with Crippen molar-refractivity contribution in [1.29, 1.82) is 0 Å². The van der Waals surface area contributed by atoms with E-state index in [2.05, 4.69) is 5.32 Å². The lowest BCUT2D eigenvalue weighted by atomic mass is 9.94. The van der Waals surface area contributed by atoms with Crippen LogP contribution in [0.4, 0.5) is 10.1 Å². The van der Waals surface area contributed by atoms with Crippen molar-refractivity contribution >= 4 is 21.6 Å². The van der Waals surface area contributed by atoms with Gasteiger partial charge in [0.15, 0.2) is 11.5 Å². The summed E-state index contributed by atoms with van der Waals surface area (Å²) in [5.74, 6) is 0.0426. The third kappa shape index (κ3) is 4.88. The minimum Gasteiger partial charge on any atom is -0.448 e. The number of nitrogens with one attached hydrogen (secondary N) is 1. The van der Waals surface area contributed by atoms with Gasteiger partial charge in [-0.25, -0.2) is 17.1 Å². The number of fused-ring (bicyclic) bond motifs is 1. The van der Waals surface area contributed by atoms with Crippen LogP contribution in [-0.2, 0) is 14.8 Å². The Morgan fingerprint density at radius 3 is 2.47 bits per heavy atom. The Morgan fingerprint density at radius 2 is 1.75 bits per heavy atom. The molecule has 0 atom stereocenters. The number of benzene rings is 2. The number of anilines is 1. The predicted molar refractivity (Wildman–Crippen MR) is 118 cm³/mol. The molecule has 0 saturated heterocycles. The summed E-state index contributed by atoms with van der Waals surface area (Å²) in [5.41, 5.74) is 0.609. The lowest BCUT2D eigenvalue weighted by molar-refractivity contribution is -0.116. The molecule has 0 aromatic heterocycles. The lowest BCUT2D eigenvalue weighted by Crippen LogP contribution is -2.40. The van der Waals surface area contributed by atoms with Crippen LogP contribution in [0.2, 0.25) is 0 Å². The summed E-state index contributed by atoms with van der Waals surface area (Å²) in [6, 6.07) is 10.0. The molecule has 0 bridgehead atoms. The number of amides is 1. The molecular formula is C23H27FN2O5S. The van der Waals surface area contributed by atoms with E-state index in [9.17, 15) is 17.6 Å². The zero-order valence-electron chi connectivity index (χ0n) is 18.0. The molecule has 1 heterocycles. The lowest BCUT2D eigenvalue weighted by Gasteiger charge is -2.31. The van der Waals surface area contributed by atoms with E-state index in [-0.39, 0.29) is 23.8 Å². The fourth-order valence-electron chi connectivity index (χ4n) is 4.06. The highest BCUT2D eigenvalue weighted by Gasteiger charge is 2.42. The zero-order valence-corrected chi connectivity index (χ0v) is 18.8. The van der Waals surface area contributed by atoms with Crippen LogP contribution in [0.15, 0.2) is 47.4 Å². The quantitative estimate of drug-likeness (QED) is 0.663. The van der Waals surface area contributed by atoms with E-state index in [1.54, 1.807) is 18.2 Å². The first-order chi connectivity index (χ1) is 15.3. The summed E-state index contributed by atoms with van der Waals surface area (Å²) in [6.07, 6.45) is 5.55. The van der Waals surface area contributed by atoms with Crippen LogP contribution in [0.3, 0.4) is 0 Å². The summed E-state index contributed by atoms with van der Waals surface area (Å²) in [4.78, 5) is 12.4. The van der Waals surface area contributed by atoms with Crippen LogP contribution in [0.1, 0.15) is 44.9 Å². The van der Waals surface area contributed by atoms with Gasteiger partial charge >= 0.3 is 0 Å². The Bertz CT molecular complexity index is 1080. The normalized spacial score (nSPS) is 17.0. The summed E-state index contributed by atoms with van der Waals surface area (Å²) in [5, 5.41) is 2.83. The van der Waals surface area contributed by atoms with E-state index in [1.807, 2.05) is 0 Å². The SMILES string of the molecule is CN(CCCC(=O)Nc1ccc2c(c1)OC1(CCCCC1)O2)S(=O)(=O)c1ccc(F)cc1. The fraction of sp³-hybridized carbons (Fsp3) is 0.435. The van der Waals surface area contributed by atoms with Crippen molar-refractivity contribution in [1.82, 2.24) is 4.31 Å². The second-order valence-corrected chi connectivity index (χ2v) is 10.3. The van der Waals surface area contributed by atoms with Crippen LogP contribution in [0.25, 0.3) is 0 Å². The van der Waals surface area contributed by atoms with Crippen molar-refractivity contribution in [2.24, 2.45) is 0 Å². The highest BCUT2D eigenvalue weighted by molar-refractivity contribution is 7.89. The zero-order chi connectivity index (χ0) is 22.8. The molecule has 2 aliphatic rings. The largest absolute Gasteiger partial charge is 0.448 e. The maximum Gasteiger partial charge on any atom is 0.251 e. The number of ether oxygens (including phenoxy) is 2. The molecular weight excluding hydrogens is 435 g/mol. The highest BCUT2D eigenvalue weighted by atomic mass is 32.2. The molecule has 172 valence electrons. The smallest absolute Gasteiger partial charge is 0.251 e. The van der Waals surface area contributed by atoms with E-state index in [4.69, 9.17) is 9.47 Å². The number of halogens is 1. The van der Waals surface area contributed by atoms with Crippen molar-refractivity contribution < 1.29 is 27.1 Å². The molecule has 7 nitrogen and oxygen atoms in total. The molecule has 1 aliphatic carbocycles. The number of hydrogen-bond acceptors (Lipinski definition) is 5. The Morgan fingerprint density at radius 1 is 1.06 bits per heavy atom. The molecule has 1 fully saturated rings.